The first-order valence-corrected chi connectivity index (χ1v) is 7.42. The SMILES string of the molecule is NC(c1ccc(Cl)c(Br)c1)c1ccc2c(c1)OCCO2. The van der Waals surface area contributed by atoms with E-state index in [0.717, 1.165) is 27.1 Å². The highest BCUT2D eigenvalue weighted by Gasteiger charge is 2.16. The Kier molecular flexibility index (Phi) is 3.87. The van der Waals surface area contributed by atoms with Crippen LogP contribution in [0.15, 0.2) is 40.9 Å². The lowest BCUT2D eigenvalue weighted by Crippen LogP contribution is -2.17. The van der Waals surface area contributed by atoms with Crippen molar-refractivity contribution in [1.29, 1.82) is 0 Å². The molecule has 0 aliphatic carbocycles. The molecule has 0 amide bonds. The predicted octanol–water partition coefficient (Wildman–Crippen LogP) is 3.92. The molecule has 1 aliphatic rings. The minimum atomic E-state index is -0.237. The van der Waals surface area contributed by atoms with Crippen molar-refractivity contribution in [1.82, 2.24) is 0 Å². The van der Waals surface area contributed by atoms with Gasteiger partial charge in [-0.25, -0.2) is 0 Å². The van der Waals surface area contributed by atoms with Crippen molar-refractivity contribution in [3.05, 3.63) is 57.0 Å². The summed E-state index contributed by atoms with van der Waals surface area (Å²) in [6.07, 6.45) is 0. The first-order chi connectivity index (χ1) is 9.65. The van der Waals surface area contributed by atoms with Gasteiger partial charge < -0.3 is 15.2 Å². The van der Waals surface area contributed by atoms with E-state index >= 15 is 0 Å². The zero-order valence-electron chi connectivity index (χ0n) is 10.6. The lowest BCUT2D eigenvalue weighted by atomic mass is 9.99. The number of halogens is 2. The molecular weight excluding hydrogens is 342 g/mol. The van der Waals surface area contributed by atoms with Crippen LogP contribution in [-0.2, 0) is 0 Å². The fourth-order valence-corrected chi connectivity index (χ4v) is 2.67. The number of benzene rings is 2. The van der Waals surface area contributed by atoms with E-state index in [9.17, 15) is 0 Å². The number of rotatable bonds is 2. The second-order valence-electron chi connectivity index (χ2n) is 4.55. The average molecular weight is 355 g/mol. The standard InChI is InChI=1S/C15H13BrClNO2/c16-11-7-9(1-3-12(11)17)15(18)10-2-4-13-14(8-10)20-6-5-19-13/h1-4,7-8,15H,5-6,18H2. The molecule has 0 fully saturated rings. The van der Waals surface area contributed by atoms with Crippen LogP contribution in [-0.4, -0.2) is 13.2 Å². The molecule has 3 nitrogen and oxygen atoms in total. The highest BCUT2D eigenvalue weighted by atomic mass is 79.9. The fraction of sp³-hybridized carbons (Fsp3) is 0.200. The summed E-state index contributed by atoms with van der Waals surface area (Å²) in [7, 11) is 0. The molecule has 1 heterocycles. The normalized spacial score (nSPS) is 14.9. The van der Waals surface area contributed by atoms with Crippen molar-refractivity contribution in [2.45, 2.75) is 6.04 Å². The van der Waals surface area contributed by atoms with Crippen LogP contribution in [0, 0.1) is 0 Å². The van der Waals surface area contributed by atoms with Gasteiger partial charge in [-0.05, 0) is 51.3 Å². The quantitative estimate of drug-likeness (QED) is 0.889. The summed E-state index contributed by atoms with van der Waals surface area (Å²) in [5.41, 5.74) is 8.27. The maximum atomic E-state index is 6.31. The minimum absolute atomic E-state index is 0.237. The van der Waals surface area contributed by atoms with E-state index in [-0.39, 0.29) is 6.04 Å². The predicted molar refractivity (Wildman–Crippen MR) is 82.6 cm³/mol. The van der Waals surface area contributed by atoms with E-state index in [1.165, 1.54) is 0 Å². The van der Waals surface area contributed by atoms with E-state index in [2.05, 4.69) is 15.9 Å². The van der Waals surface area contributed by atoms with Gasteiger partial charge in [0.1, 0.15) is 13.2 Å². The Morgan fingerprint density at radius 1 is 1.00 bits per heavy atom. The first kappa shape index (κ1) is 13.7. The van der Waals surface area contributed by atoms with E-state index in [0.29, 0.717) is 18.2 Å². The molecule has 2 N–H and O–H groups in total. The Labute approximate surface area is 130 Å². The largest absolute Gasteiger partial charge is 0.486 e. The van der Waals surface area contributed by atoms with Crippen LogP contribution in [0.3, 0.4) is 0 Å². The molecule has 2 aromatic rings. The Hall–Kier alpha value is -1.23. The second kappa shape index (κ2) is 5.64. The summed E-state index contributed by atoms with van der Waals surface area (Å²) in [5, 5.41) is 0.670. The smallest absolute Gasteiger partial charge is 0.161 e. The molecule has 0 saturated heterocycles. The summed E-state index contributed by atoms with van der Waals surface area (Å²) in [5.74, 6) is 1.52. The molecule has 20 heavy (non-hydrogen) atoms. The number of ether oxygens (including phenoxy) is 2. The van der Waals surface area contributed by atoms with Crippen molar-refractivity contribution in [3.63, 3.8) is 0 Å². The molecule has 0 spiro atoms. The van der Waals surface area contributed by atoms with Crippen molar-refractivity contribution in [3.8, 4) is 11.5 Å². The van der Waals surface area contributed by atoms with E-state index in [1.807, 2.05) is 36.4 Å². The van der Waals surface area contributed by atoms with Crippen LogP contribution < -0.4 is 15.2 Å². The molecule has 1 atom stereocenters. The van der Waals surface area contributed by atoms with Gasteiger partial charge in [-0.3, -0.25) is 0 Å². The van der Waals surface area contributed by atoms with Crippen LogP contribution in [0.2, 0.25) is 5.02 Å². The molecular formula is C15H13BrClNO2. The van der Waals surface area contributed by atoms with Crippen LogP contribution in [0.1, 0.15) is 17.2 Å². The fourth-order valence-electron chi connectivity index (χ4n) is 2.15. The maximum absolute atomic E-state index is 6.31. The van der Waals surface area contributed by atoms with Gasteiger partial charge >= 0.3 is 0 Å². The third-order valence-corrected chi connectivity index (χ3v) is 4.44. The lowest BCUT2D eigenvalue weighted by Gasteiger charge is -2.21. The van der Waals surface area contributed by atoms with Gasteiger partial charge in [0.25, 0.3) is 0 Å². The van der Waals surface area contributed by atoms with Gasteiger partial charge in [-0.2, -0.15) is 0 Å². The number of hydrogen-bond donors (Lipinski definition) is 1. The van der Waals surface area contributed by atoms with Gasteiger partial charge in [0.15, 0.2) is 11.5 Å². The van der Waals surface area contributed by atoms with Crippen molar-refractivity contribution in [2.24, 2.45) is 5.73 Å². The summed E-state index contributed by atoms with van der Waals surface area (Å²) in [6.45, 7) is 1.15. The zero-order chi connectivity index (χ0) is 14.1. The number of fused-ring (bicyclic) bond motifs is 1. The average Bonchev–Trinajstić information content (AvgIpc) is 2.49. The number of nitrogens with two attached hydrogens (primary N) is 1. The Morgan fingerprint density at radius 2 is 1.65 bits per heavy atom. The minimum Gasteiger partial charge on any atom is -0.486 e. The third-order valence-electron chi connectivity index (χ3n) is 3.23. The van der Waals surface area contributed by atoms with Gasteiger partial charge in [-0.15, -0.1) is 0 Å². The maximum Gasteiger partial charge on any atom is 0.161 e. The Bertz CT molecular complexity index is 648. The van der Waals surface area contributed by atoms with Gasteiger partial charge in [-0.1, -0.05) is 23.7 Å². The van der Waals surface area contributed by atoms with Crippen molar-refractivity contribution < 1.29 is 9.47 Å². The molecule has 2 aromatic carbocycles. The Balaban J connectivity index is 1.93. The molecule has 5 heteroatoms. The van der Waals surface area contributed by atoms with Crippen LogP contribution in [0.5, 0.6) is 11.5 Å². The molecule has 0 radical (unpaired) electrons. The van der Waals surface area contributed by atoms with E-state index in [1.54, 1.807) is 0 Å². The topological polar surface area (TPSA) is 44.5 Å². The van der Waals surface area contributed by atoms with Gasteiger partial charge in [0.2, 0.25) is 0 Å². The van der Waals surface area contributed by atoms with Crippen molar-refractivity contribution >= 4 is 27.5 Å². The van der Waals surface area contributed by atoms with E-state index in [4.69, 9.17) is 26.8 Å². The summed E-state index contributed by atoms with van der Waals surface area (Å²) < 4.78 is 11.9. The molecule has 3 rings (SSSR count). The van der Waals surface area contributed by atoms with Crippen LogP contribution in [0.4, 0.5) is 0 Å². The monoisotopic (exact) mass is 353 g/mol. The molecule has 1 unspecified atom stereocenters. The van der Waals surface area contributed by atoms with Crippen LogP contribution in [0.25, 0.3) is 0 Å². The molecule has 0 aromatic heterocycles. The van der Waals surface area contributed by atoms with Gasteiger partial charge in [0.05, 0.1) is 11.1 Å². The first-order valence-electron chi connectivity index (χ1n) is 6.25. The zero-order valence-corrected chi connectivity index (χ0v) is 12.9. The molecule has 0 saturated carbocycles. The lowest BCUT2D eigenvalue weighted by molar-refractivity contribution is 0.171. The third kappa shape index (κ3) is 2.64. The Morgan fingerprint density at radius 3 is 2.40 bits per heavy atom. The summed E-state index contributed by atoms with van der Waals surface area (Å²) >= 11 is 9.42. The highest BCUT2D eigenvalue weighted by Crippen LogP contribution is 2.34. The molecule has 0 bridgehead atoms. The van der Waals surface area contributed by atoms with Crippen LogP contribution >= 0.6 is 27.5 Å². The molecule has 1 aliphatic heterocycles. The number of hydrogen-bond acceptors (Lipinski definition) is 3. The van der Waals surface area contributed by atoms with Crippen molar-refractivity contribution in [2.75, 3.05) is 13.2 Å². The second-order valence-corrected chi connectivity index (χ2v) is 5.82. The highest BCUT2D eigenvalue weighted by molar-refractivity contribution is 9.10. The summed E-state index contributed by atoms with van der Waals surface area (Å²) in [6, 6.07) is 11.2. The summed E-state index contributed by atoms with van der Waals surface area (Å²) in [4.78, 5) is 0. The van der Waals surface area contributed by atoms with E-state index < -0.39 is 0 Å². The van der Waals surface area contributed by atoms with Gasteiger partial charge in [0, 0.05) is 4.47 Å². The molecule has 104 valence electrons.